The summed E-state index contributed by atoms with van der Waals surface area (Å²) in [4.78, 5) is 30.7. The predicted molar refractivity (Wildman–Crippen MR) is 170 cm³/mol. The van der Waals surface area contributed by atoms with Crippen LogP contribution in [0.2, 0.25) is 0 Å². The quantitative estimate of drug-likeness (QED) is 0.143. The molecule has 0 heterocycles. The van der Waals surface area contributed by atoms with Gasteiger partial charge in [-0.2, -0.15) is 0 Å². The number of benzene rings is 4. The van der Waals surface area contributed by atoms with Gasteiger partial charge >= 0.3 is 5.97 Å². The summed E-state index contributed by atoms with van der Waals surface area (Å²) in [5.41, 5.74) is 3.79. The second-order valence-electron chi connectivity index (χ2n) is 10.7. The zero-order chi connectivity index (χ0) is 29.9. The average molecular weight is 630 g/mol. The van der Waals surface area contributed by atoms with Crippen molar-refractivity contribution in [2.24, 2.45) is 5.92 Å². The van der Waals surface area contributed by atoms with E-state index < -0.39 is 5.97 Å². The van der Waals surface area contributed by atoms with Crippen molar-refractivity contribution in [3.05, 3.63) is 130 Å². The van der Waals surface area contributed by atoms with Crippen molar-refractivity contribution in [1.82, 2.24) is 4.90 Å². The summed E-state index contributed by atoms with van der Waals surface area (Å²) < 4.78 is 12.8. The van der Waals surface area contributed by atoms with Gasteiger partial charge in [0.05, 0.1) is 13.1 Å². The summed E-state index contributed by atoms with van der Waals surface area (Å²) in [5, 5.41) is 0. The first-order valence-electron chi connectivity index (χ1n) is 14.0. The van der Waals surface area contributed by atoms with E-state index in [1.807, 2.05) is 96.9 Å². The monoisotopic (exact) mass is 628 g/mol. The molecule has 0 saturated heterocycles. The van der Waals surface area contributed by atoms with E-state index in [1.165, 1.54) is 0 Å². The molecule has 0 aliphatic heterocycles. The van der Waals surface area contributed by atoms with Crippen LogP contribution in [0.5, 0.6) is 5.75 Å². The molecule has 0 atom stereocenters. The number of hydrogen-bond acceptors (Lipinski definition) is 5. The number of hydrogen-bond donors (Lipinski definition) is 0. The zero-order valence-electron chi connectivity index (χ0n) is 24.3. The lowest BCUT2D eigenvalue weighted by Crippen LogP contribution is -2.39. The van der Waals surface area contributed by atoms with Crippen LogP contribution in [-0.2, 0) is 29.3 Å². The smallest absolute Gasteiger partial charge is 0.342 e. The Kier molecular flexibility index (Phi) is 11.3. The lowest BCUT2D eigenvalue weighted by Gasteiger charge is -2.27. The minimum Gasteiger partial charge on any atom is -0.488 e. The number of anilines is 1. The summed E-state index contributed by atoms with van der Waals surface area (Å²) in [6.45, 7) is 6.11. The molecule has 4 rings (SSSR count). The fourth-order valence-electron chi connectivity index (χ4n) is 4.60. The molecular weight excluding hydrogens is 592 g/mol. The van der Waals surface area contributed by atoms with E-state index in [0.717, 1.165) is 27.7 Å². The predicted octanol–water partition coefficient (Wildman–Crippen LogP) is 7.51. The van der Waals surface area contributed by atoms with Gasteiger partial charge in [0.15, 0.2) is 0 Å². The maximum Gasteiger partial charge on any atom is 0.342 e. The lowest BCUT2D eigenvalue weighted by molar-refractivity contribution is -0.119. The van der Waals surface area contributed by atoms with Crippen molar-refractivity contribution < 1.29 is 19.1 Å². The maximum atomic E-state index is 13.7. The number of likely N-dealkylation sites (N-methyl/N-ethyl adjacent to an activating group) is 1. The van der Waals surface area contributed by atoms with Crippen molar-refractivity contribution in [2.75, 3.05) is 25.0 Å². The lowest BCUT2D eigenvalue weighted by atomic mass is 10.1. The number of amides is 1. The molecule has 6 nitrogen and oxygen atoms in total. The first-order chi connectivity index (χ1) is 20.3. The van der Waals surface area contributed by atoms with Crippen molar-refractivity contribution in [3.8, 4) is 5.75 Å². The molecule has 42 heavy (non-hydrogen) atoms. The Morgan fingerprint density at radius 3 is 2.02 bits per heavy atom. The SMILES string of the molecule is CC(C)CN(C)CC(=O)N(Cc1ccc(Br)cc1)c1ccc(C(=O)OCc2ccccc2)c(OCc2ccccc2)c1. The fraction of sp³-hybridized carbons (Fsp3) is 0.257. The molecule has 0 spiro atoms. The van der Waals surface area contributed by atoms with Gasteiger partial charge in [-0.1, -0.05) is 103 Å². The van der Waals surface area contributed by atoms with Crippen molar-refractivity contribution in [2.45, 2.75) is 33.6 Å². The Hall–Kier alpha value is -3.94. The number of nitrogens with zero attached hydrogens (tertiary/aromatic N) is 2. The number of halogens is 1. The number of carbonyl (C=O) groups is 2. The van der Waals surface area contributed by atoms with Gasteiger partial charge in [-0.3, -0.25) is 9.69 Å². The van der Waals surface area contributed by atoms with Crippen LogP contribution in [0.25, 0.3) is 0 Å². The van der Waals surface area contributed by atoms with Crippen LogP contribution in [0, 0.1) is 5.92 Å². The standard InChI is InChI=1S/C35H37BrN2O4/c1-26(2)21-37(3)23-34(39)38(22-27-14-16-30(36)17-15-27)31-18-19-32(35(40)42-25-29-12-8-5-9-13-29)33(20-31)41-24-28-10-6-4-7-11-28/h4-20,26H,21-25H2,1-3H3. The molecule has 0 fully saturated rings. The van der Waals surface area contributed by atoms with E-state index in [0.29, 0.717) is 29.5 Å². The molecule has 218 valence electrons. The third-order valence-electron chi connectivity index (χ3n) is 6.58. The van der Waals surface area contributed by atoms with Crippen LogP contribution in [0.4, 0.5) is 5.69 Å². The summed E-state index contributed by atoms with van der Waals surface area (Å²) in [6.07, 6.45) is 0. The molecule has 0 saturated carbocycles. The highest BCUT2D eigenvalue weighted by Crippen LogP contribution is 2.29. The third kappa shape index (κ3) is 9.29. The van der Waals surface area contributed by atoms with E-state index in [1.54, 1.807) is 23.1 Å². The highest BCUT2D eigenvalue weighted by molar-refractivity contribution is 9.10. The van der Waals surface area contributed by atoms with Crippen LogP contribution in [0.1, 0.15) is 40.9 Å². The molecule has 4 aromatic rings. The molecule has 0 radical (unpaired) electrons. The summed E-state index contributed by atoms with van der Waals surface area (Å²) in [5.74, 6) is 0.255. The molecule has 0 N–H and O–H groups in total. The van der Waals surface area contributed by atoms with Gasteiger partial charge in [0.1, 0.15) is 24.5 Å². The first kappa shape index (κ1) is 31.0. The molecule has 7 heteroatoms. The average Bonchev–Trinajstić information content (AvgIpc) is 2.99. The van der Waals surface area contributed by atoms with Crippen molar-refractivity contribution in [3.63, 3.8) is 0 Å². The van der Waals surface area contributed by atoms with E-state index >= 15 is 0 Å². The molecule has 4 aromatic carbocycles. The maximum absolute atomic E-state index is 13.7. The van der Waals surface area contributed by atoms with Gasteiger partial charge in [-0.25, -0.2) is 4.79 Å². The first-order valence-corrected chi connectivity index (χ1v) is 14.8. The Morgan fingerprint density at radius 2 is 1.40 bits per heavy atom. The van der Waals surface area contributed by atoms with Crippen LogP contribution in [0.3, 0.4) is 0 Å². The number of rotatable bonds is 13. The Balaban J connectivity index is 1.65. The highest BCUT2D eigenvalue weighted by Gasteiger charge is 2.22. The van der Waals surface area contributed by atoms with Crippen LogP contribution < -0.4 is 9.64 Å². The molecular formula is C35H37BrN2O4. The normalized spacial score (nSPS) is 11.0. The van der Waals surface area contributed by atoms with Gasteiger partial charge in [-0.05, 0) is 53.9 Å². The number of esters is 1. The van der Waals surface area contributed by atoms with E-state index in [4.69, 9.17) is 9.47 Å². The molecule has 0 aliphatic carbocycles. The third-order valence-corrected chi connectivity index (χ3v) is 7.11. The van der Waals surface area contributed by atoms with E-state index in [2.05, 4.69) is 29.8 Å². The Labute approximate surface area is 257 Å². The Bertz CT molecular complexity index is 1440. The van der Waals surface area contributed by atoms with Crippen molar-refractivity contribution in [1.29, 1.82) is 0 Å². The molecule has 0 unspecified atom stereocenters. The van der Waals surface area contributed by atoms with Gasteiger partial charge in [-0.15, -0.1) is 0 Å². The molecule has 0 aromatic heterocycles. The van der Waals surface area contributed by atoms with Crippen LogP contribution >= 0.6 is 15.9 Å². The van der Waals surface area contributed by atoms with Gasteiger partial charge in [0.25, 0.3) is 0 Å². The van der Waals surface area contributed by atoms with Gasteiger partial charge in [0, 0.05) is 22.8 Å². The zero-order valence-corrected chi connectivity index (χ0v) is 25.9. The van der Waals surface area contributed by atoms with Crippen molar-refractivity contribution >= 4 is 33.5 Å². The minimum absolute atomic E-state index is 0.0468. The minimum atomic E-state index is -0.490. The highest BCUT2D eigenvalue weighted by atomic mass is 79.9. The second-order valence-corrected chi connectivity index (χ2v) is 11.6. The Morgan fingerprint density at radius 1 is 0.786 bits per heavy atom. The largest absolute Gasteiger partial charge is 0.488 e. The summed E-state index contributed by atoms with van der Waals surface area (Å²) in [7, 11) is 1.95. The topological polar surface area (TPSA) is 59.1 Å². The molecule has 0 aliphatic rings. The number of ether oxygens (including phenoxy) is 2. The molecule has 0 bridgehead atoms. The molecule has 1 amide bonds. The van der Waals surface area contributed by atoms with Crippen LogP contribution in [0.15, 0.2) is 108 Å². The van der Waals surface area contributed by atoms with Gasteiger partial charge < -0.3 is 14.4 Å². The van der Waals surface area contributed by atoms with E-state index in [-0.39, 0.29) is 25.7 Å². The second kappa shape index (κ2) is 15.3. The number of carbonyl (C=O) groups excluding carboxylic acids is 2. The summed E-state index contributed by atoms with van der Waals surface area (Å²) in [6, 6.07) is 32.4. The van der Waals surface area contributed by atoms with Gasteiger partial charge in [0.2, 0.25) is 5.91 Å². The van der Waals surface area contributed by atoms with Crippen LogP contribution in [-0.4, -0.2) is 36.9 Å². The fourth-order valence-corrected chi connectivity index (χ4v) is 4.87. The summed E-state index contributed by atoms with van der Waals surface area (Å²) >= 11 is 3.49. The van der Waals surface area contributed by atoms with E-state index in [9.17, 15) is 9.59 Å².